The Labute approximate surface area is 103 Å². The van der Waals surface area contributed by atoms with E-state index in [1.54, 1.807) is 19.1 Å². The Kier molecular flexibility index (Phi) is 3.36. The fourth-order valence-corrected chi connectivity index (χ4v) is 1.45. The predicted octanol–water partition coefficient (Wildman–Crippen LogP) is 2.52. The van der Waals surface area contributed by atoms with Crippen molar-refractivity contribution in [3.8, 4) is 17.6 Å². The van der Waals surface area contributed by atoms with Crippen molar-refractivity contribution < 1.29 is 23.5 Å². The molecule has 0 aliphatic heterocycles. The van der Waals surface area contributed by atoms with Gasteiger partial charge in [-0.25, -0.2) is 4.98 Å². The minimum absolute atomic E-state index is 0.124. The lowest BCUT2D eigenvalue weighted by Gasteiger charge is -2.04. The highest BCUT2D eigenvalue weighted by molar-refractivity contribution is 5.75. The molecular weight excluding hydrogens is 238 g/mol. The van der Waals surface area contributed by atoms with E-state index in [0.717, 1.165) is 0 Å². The molecule has 6 nitrogen and oxygen atoms in total. The second-order valence-corrected chi connectivity index (χ2v) is 3.66. The van der Waals surface area contributed by atoms with Crippen LogP contribution in [0.1, 0.15) is 25.5 Å². The molecule has 0 spiro atoms. The summed E-state index contributed by atoms with van der Waals surface area (Å²) < 4.78 is 15.8. The third-order valence-corrected chi connectivity index (χ3v) is 2.41. The van der Waals surface area contributed by atoms with Crippen molar-refractivity contribution in [3.63, 3.8) is 0 Å². The van der Waals surface area contributed by atoms with Crippen LogP contribution in [0.5, 0.6) is 5.95 Å². The molecule has 0 aromatic carbocycles. The fraction of sp³-hybridized carbons (Fsp3) is 0.333. The number of carboxylic acid groups (broad SMARTS) is 1. The van der Waals surface area contributed by atoms with Crippen molar-refractivity contribution in [3.05, 3.63) is 24.1 Å². The molecule has 2 aromatic rings. The van der Waals surface area contributed by atoms with Crippen LogP contribution in [-0.2, 0) is 4.79 Å². The first kappa shape index (κ1) is 12.2. The maximum atomic E-state index is 11.0. The summed E-state index contributed by atoms with van der Waals surface area (Å²) in [5.74, 6) is -1.03. The first-order valence-electron chi connectivity index (χ1n) is 5.53. The zero-order valence-corrected chi connectivity index (χ0v) is 10.0. The van der Waals surface area contributed by atoms with Crippen molar-refractivity contribution in [1.29, 1.82) is 0 Å². The van der Waals surface area contributed by atoms with Gasteiger partial charge in [0.1, 0.15) is 11.6 Å². The Hall–Kier alpha value is -2.24. The highest BCUT2D eigenvalue weighted by atomic mass is 16.6. The number of carbonyl (C=O) groups is 1. The third-order valence-electron chi connectivity index (χ3n) is 2.41. The molecule has 2 aromatic heterocycles. The molecule has 0 radical (unpaired) electrons. The fourth-order valence-electron chi connectivity index (χ4n) is 1.45. The summed E-state index contributed by atoms with van der Waals surface area (Å²) in [5, 5.41) is 9.01. The number of oxazole rings is 1. The Morgan fingerprint density at radius 3 is 2.94 bits per heavy atom. The molecule has 2 rings (SSSR count). The SMILES string of the molecule is CCOc1oc(-c2ccco2)nc1C(C)C(=O)O. The summed E-state index contributed by atoms with van der Waals surface area (Å²) in [4.78, 5) is 15.1. The molecule has 0 fully saturated rings. The van der Waals surface area contributed by atoms with Gasteiger partial charge < -0.3 is 18.7 Å². The summed E-state index contributed by atoms with van der Waals surface area (Å²) in [7, 11) is 0. The second-order valence-electron chi connectivity index (χ2n) is 3.66. The van der Waals surface area contributed by atoms with Gasteiger partial charge in [0, 0.05) is 0 Å². The molecule has 0 saturated carbocycles. The number of carboxylic acids is 1. The topological polar surface area (TPSA) is 85.7 Å². The molecule has 6 heteroatoms. The van der Waals surface area contributed by atoms with Gasteiger partial charge in [0.25, 0.3) is 5.89 Å². The summed E-state index contributed by atoms with van der Waals surface area (Å²) in [6.45, 7) is 3.67. The molecule has 18 heavy (non-hydrogen) atoms. The van der Waals surface area contributed by atoms with Crippen LogP contribution in [-0.4, -0.2) is 22.7 Å². The van der Waals surface area contributed by atoms with Crippen LogP contribution < -0.4 is 4.74 Å². The van der Waals surface area contributed by atoms with E-state index >= 15 is 0 Å². The van der Waals surface area contributed by atoms with Gasteiger partial charge in [0.15, 0.2) is 5.76 Å². The second kappa shape index (κ2) is 4.95. The third kappa shape index (κ3) is 2.22. The average molecular weight is 251 g/mol. The van der Waals surface area contributed by atoms with E-state index in [1.165, 1.54) is 13.2 Å². The highest BCUT2D eigenvalue weighted by Crippen LogP contribution is 2.32. The number of nitrogens with zero attached hydrogens (tertiary/aromatic N) is 1. The van der Waals surface area contributed by atoms with E-state index in [0.29, 0.717) is 12.4 Å². The molecule has 0 bridgehead atoms. The normalized spacial score (nSPS) is 12.3. The lowest BCUT2D eigenvalue weighted by Crippen LogP contribution is -2.09. The predicted molar refractivity (Wildman–Crippen MR) is 61.4 cm³/mol. The number of furan rings is 1. The average Bonchev–Trinajstić information content (AvgIpc) is 2.96. The molecule has 1 N–H and O–H groups in total. The minimum atomic E-state index is -0.991. The van der Waals surface area contributed by atoms with Gasteiger partial charge in [-0.15, -0.1) is 0 Å². The zero-order valence-electron chi connectivity index (χ0n) is 10.0. The van der Waals surface area contributed by atoms with Crippen LogP contribution in [0, 0.1) is 0 Å². The molecular formula is C12H13NO5. The van der Waals surface area contributed by atoms with Gasteiger partial charge in [0.2, 0.25) is 0 Å². The monoisotopic (exact) mass is 251 g/mol. The number of hydrogen-bond acceptors (Lipinski definition) is 5. The van der Waals surface area contributed by atoms with Gasteiger partial charge >= 0.3 is 11.9 Å². The van der Waals surface area contributed by atoms with Crippen LogP contribution in [0.3, 0.4) is 0 Å². The number of aliphatic carboxylic acids is 1. The van der Waals surface area contributed by atoms with Gasteiger partial charge in [-0.05, 0) is 26.0 Å². The number of aromatic nitrogens is 1. The Bertz CT molecular complexity index is 529. The molecule has 1 atom stereocenters. The van der Waals surface area contributed by atoms with Gasteiger partial charge in [0.05, 0.1) is 12.9 Å². The molecule has 0 saturated heterocycles. The van der Waals surface area contributed by atoms with E-state index in [-0.39, 0.29) is 17.5 Å². The maximum Gasteiger partial charge on any atom is 0.312 e. The first-order chi connectivity index (χ1) is 8.63. The first-order valence-corrected chi connectivity index (χ1v) is 5.53. The molecule has 2 heterocycles. The van der Waals surface area contributed by atoms with Crippen molar-refractivity contribution in [2.45, 2.75) is 19.8 Å². The number of rotatable bonds is 5. The van der Waals surface area contributed by atoms with Crippen LogP contribution in [0.4, 0.5) is 0 Å². The molecule has 96 valence electrons. The van der Waals surface area contributed by atoms with E-state index < -0.39 is 11.9 Å². The maximum absolute atomic E-state index is 11.0. The van der Waals surface area contributed by atoms with Crippen molar-refractivity contribution in [2.75, 3.05) is 6.61 Å². The molecule has 1 unspecified atom stereocenters. The quantitative estimate of drug-likeness (QED) is 0.878. The molecule has 0 amide bonds. The van der Waals surface area contributed by atoms with Crippen molar-refractivity contribution in [2.24, 2.45) is 0 Å². The van der Waals surface area contributed by atoms with Crippen molar-refractivity contribution in [1.82, 2.24) is 4.98 Å². The lowest BCUT2D eigenvalue weighted by atomic mass is 10.1. The van der Waals surface area contributed by atoms with E-state index in [1.807, 2.05) is 0 Å². The lowest BCUT2D eigenvalue weighted by molar-refractivity contribution is -0.138. The van der Waals surface area contributed by atoms with Crippen LogP contribution in [0.15, 0.2) is 27.2 Å². The largest absolute Gasteiger partial charge is 0.481 e. The summed E-state index contributed by atoms with van der Waals surface area (Å²) >= 11 is 0. The van der Waals surface area contributed by atoms with E-state index in [9.17, 15) is 4.79 Å². The summed E-state index contributed by atoms with van der Waals surface area (Å²) in [6, 6.07) is 3.37. The van der Waals surface area contributed by atoms with Crippen LogP contribution >= 0.6 is 0 Å². The zero-order chi connectivity index (χ0) is 13.1. The van der Waals surface area contributed by atoms with Gasteiger partial charge in [-0.3, -0.25) is 4.79 Å². The van der Waals surface area contributed by atoms with Gasteiger partial charge in [-0.2, -0.15) is 0 Å². The van der Waals surface area contributed by atoms with Crippen LogP contribution in [0.2, 0.25) is 0 Å². The van der Waals surface area contributed by atoms with Crippen LogP contribution in [0.25, 0.3) is 11.7 Å². The standard InChI is InChI=1S/C12H13NO5/c1-3-16-12-9(7(2)11(14)15)13-10(18-12)8-5-4-6-17-8/h4-7H,3H2,1-2H3,(H,14,15). The summed E-state index contributed by atoms with van der Waals surface area (Å²) in [6.07, 6.45) is 1.49. The minimum Gasteiger partial charge on any atom is -0.481 e. The molecule has 0 aliphatic rings. The Morgan fingerprint density at radius 2 is 2.39 bits per heavy atom. The molecule has 0 aliphatic carbocycles. The summed E-state index contributed by atoms with van der Waals surface area (Å²) in [5.41, 5.74) is 0.260. The van der Waals surface area contributed by atoms with Crippen molar-refractivity contribution >= 4 is 5.97 Å². The smallest absolute Gasteiger partial charge is 0.312 e. The Morgan fingerprint density at radius 1 is 1.61 bits per heavy atom. The number of hydrogen-bond donors (Lipinski definition) is 1. The van der Waals surface area contributed by atoms with Gasteiger partial charge in [-0.1, -0.05) is 0 Å². The number of ether oxygens (including phenoxy) is 1. The highest BCUT2D eigenvalue weighted by Gasteiger charge is 2.26. The van der Waals surface area contributed by atoms with E-state index in [2.05, 4.69) is 4.98 Å². The Balaban J connectivity index is 2.41. The van der Waals surface area contributed by atoms with E-state index in [4.69, 9.17) is 18.7 Å².